The van der Waals surface area contributed by atoms with Gasteiger partial charge in [0, 0.05) is 16.0 Å². The molecule has 0 bridgehead atoms. The average Bonchev–Trinajstić information content (AvgIpc) is 3.11. The number of ether oxygens (including phenoxy) is 2. The highest BCUT2D eigenvalue weighted by Gasteiger charge is 2.30. The first-order valence-electron chi connectivity index (χ1n) is 9.81. The van der Waals surface area contributed by atoms with Crippen LogP contribution in [0.4, 0.5) is 4.79 Å². The van der Waals surface area contributed by atoms with Gasteiger partial charge in [-0.1, -0.05) is 64.5 Å². The number of alkyl carbamates (subject to hydrolysis) is 1. The molecule has 1 unspecified atom stereocenters. The number of phenols is 1. The van der Waals surface area contributed by atoms with E-state index in [1.165, 1.54) is 19.2 Å². The first-order chi connectivity index (χ1) is 15.4. The zero-order chi connectivity index (χ0) is 22.8. The lowest BCUT2D eigenvalue weighted by Crippen LogP contribution is -2.35. The summed E-state index contributed by atoms with van der Waals surface area (Å²) in [4.78, 5) is 24.4. The van der Waals surface area contributed by atoms with Crippen molar-refractivity contribution in [2.24, 2.45) is 0 Å². The number of halogens is 1. The highest BCUT2D eigenvalue weighted by molar-refractivity contribution is 9.10. The van der Waals surface area contributed by atoms with E-state index in [1.54, 1.807) is 0 Å². The van der Waals surface area contributed by atoms with Crippen molar-refractivity contribution in [3.05, 3.63) is 81.8 Å². The van der Waals surface area contributed by atoms with Gasteiger partial charge < -0.3 is 25.0 Å². The van der Waals surface area contributed by atoms with Crippen molar-refractivity contribution in [3.8, 4) is 22.6 Å². The maximum Gasteiger partial charge on any atom is 0.408 e. The third-order valence-corrected chi connectivity index (χ3v) is 6.15. The molecule has 0 saturated carbocycles. The van der Waals surface area contributed by atoms with Gasteiger partial charge >= 0.3 is 12.1 Å². The van der Waals surface area contributed by atoms with Gasteiger partial charge in [0.1, 0.15) is 6.61 Å². The molecule has 1 aliphatic rings. The Hall–Kier alpha value is -3.52. The number of aliphatic carboxylic acids is 1. The number of aromatic hydroxyl groups is 1. The highest BCUT2D eigenvalue weighted by Crippen LogP contribution is 2.44. The summed E-state index contributed by atoms with van der Waals surface area (Å²) in [5.41, 5.74) is 4.46. The van der Waals surface area contributed by atoms with E-state index in [1.807, 2.05) is 48.5 Å². The minimum atomic E-state index is -1.43. The van der Waals surface area contributed by atoms with Crippen molar-refractivity contribution in [2.75, 3.05) is 13.7 Å². The van der Waals surface area contributed by atoms with Crippen LogP contribution in [0, 0.1) is 0 Å². The predicted molar refractivity (Wildman–Crippen MR) is 121 cm³/mol. The molecule has 7 nitrogen and oxygen atoms in total. The second-order valence-corrected chi connectivity index (χ2v) is 8.14. The molecule has 0 spiro atoms. The summed E-state index contributed by atoms with van der Waals surface area (Å²) < 4.78 is 10.8. The van der Waals surface area contributed by atoms with Gasteiger partial charge in [-0.25, -0.2) is 9.59 Å². The molecule has 0 radical (unpaired) electrons. The van der Waals surface area contributed by atoms with Gasteiger partial charge in [0.2, 0.25) is 0 Å². The quantitative estimate of drug-likeness (QED) is 0.450. The van der Waals surface area contributed by atoms with Crippen LogP contribution in [0.3, 0.4) is 0 Å². The fraction of sp³-hybridized carbons (Fsp3) is 0.167. The molecule has 1 atom stereocenters. The van der Waals surface area contributed by atoms with Gasteiger partial charge in [-0.3, -0.25) is 0 Å². The van der Waals surface area contributed by atoms with Gasteiger partial charge in [-0.05, 0) is 34.4 Å². The molecule has 8 heteroatoms. The molecule has 0 saturated heterocycles. The third kappa shape index (κ3) is 4.01. The Kier molecular flexibility index (Phi) is 6.05. The van der Waals surface area contributed by atoms with Crippen LogP contribution >= 0.6 is 15.9 Å². The van der Waals surface area contributed by atoms with Crippen LogP contribution in [-0.2, 0) is 9.53 Å². The van der Waals surface area contributed by atoms with Crippen LogP contribution in [-0.4, -0.2) is 36.0 Å². The number of benzene rings is 3. The van der Waals surface area contributed by atoms with Crippen molar-refractivity contribution in [1.82, 2.24) is 5.32 Å². The summed E-state index contributed by atoms with van der Waals surface area (Å²) in [5, 5.41) is 22.1. The van der Waals surface area contributed by atoms with Crippen LogP contribution in [0.5, 0.6) is 11.5 Å². The van der Waals surface area contributed by atoms with E-state index >= 15 is 0 Å². The number of hydrogen-bond donors (Lipinski definition) is 3. The number of carbonyl (C=O) groups excluding carboxylic acids is 1. The Morgan fingerprint density at radius 2 is 1.66 bits per heavy atom. The molecule has 164 valence electrons. The number of amides is 1. The number of nitrogens with one attached hydrogen (secondary N) is 1. The smallest absolute Gasteiger partial charge is 0.408 e. The largest absolute Gasteiger partial charge is 0.504 e. The monoisotopic (exact) mass is 497 g/mol. The maximum atomic E-state index is 12.5. The number of carboxylic acids is 1. The summed E-state index contributed by atoms with van der Waals surface area (Å²) in [7, 11) is 1.38. The Balaban J connectivity index is 1.51. The number of methoxy groups -OCH3 is 1. The SMILES string of the molecule is COc1cc(Br)c(C(NC(=O)OCC2c3ccccc3-c3ccccc32)C(=O)O)cc1O. The number of carboxylic acid groups (broad SMARTS) is 1. The molecule has 3 N–H and O–H groups in total. The van der Waals surface area contributed by atoms with E-state index < -0.39 is 18.1 Å². The molecule has 0 aromatic heterocycles. The Labute approximate surface area is 192 Å². The third-order valence-electron chi connectivity index (χ3n) is 5.46. The minimum absolute atomic E-state index is 0.0568. The van der Waals surface area contributed by atoms with E-state index in [-0.39, 0.29) is 29.6 Å². The molecule has 0 heterocycles. The zero-order valence-corrected chi connectivity index (χ0v) is 18.6. The second kappa shape index (κ2) is 8.92. The van der Waals surface area contributed by atoms with E-state index in [4.69, 9.17) is 9.47 Å². The lowest BCUT2D eigenvalue weighted by molar-refractivity contribution is -0.139. The van der Waals surface area contributed by atoms with E-state index in [0.717, 1.165) is 22.3 Å². The number of hydrogen-bond acceptors (Lipinski definition) is 5. The number of phenolic OH excluding ortho intramolecular Hbond substituents is 1. The second-order valence-electron chi connectivity index (χ2n) is 7.29. The Bertz CT molecular complexity index is 1150. The van der Waals surface area contributed by atoms with Crippen molar-refractivity contribution >= 4 is 28.0 Å². The van der Waals surface area contributed by atoms with Crippen molar-refractivity contribution in [1.29, 1.82) is 0 Å². The van der Waals surface area contributed by atoms with Crippen molar-refractivity contribution in [3.63, 3.8) is 0 Å². The van der Waals surface area contributed by atoms with Crippen LogP contribution in [0.1, 0.15) is 28.7 Å². The van der Waals surface area contributed by atoms with Gasteiger partial charge in [-0.15, -0.1) is 0 Å². The first kappa shape index (κ1) is 21.7. The maximum absolute atomic E-state index is 12.5. The first-order valence-corrected chi connectivity index (χ1v) is 10.6. The highest BCUT2D eigenvalue weighted by atomic mass is 79.9. The molecular weight excluding hydrogens is 478 g/mol. The van der Waals surface area contributed by atoms with E-state index in [0.29, 0.717) is 4.47 Å². The summed E-state index contributed by atoms with van der Waals surface area (Å²) in [6, 6.07) is 17.1. The molecule has 1 aliphatic carbocycles. The number of rotatable bonds is 6. The fourth-order valence-corrected chi connectivity index (χ4v) is 4.53. The van der Waals surface area contributed by atoms with E-state index in [2.05, 4.69) is 21.2 Å². The predicted octanol–water partition coefficient (Wildman–Crippen LogP) is 4.83. The molecule has 3 aromatic rings. The molecule has 3 aromatic carbocycles. The average molecular weight is 498 g/mol. The summed E-state index contributed by atoms with van der Waals surface area (Å²) in [6.07, 6.45) is -0.874. The summed E-state index contributed by atoms with van der Waals surface area (Å²) in [5.74, 6) is -1.52. The standard InChI is InChI=1S/C24H20BrNO6/c1-31-21-11-19(25)17(10-20(21)27)22(23(28)29)26-24(30)32-12-18-15-8-4-2-6-13(15)14-7-3-5-9-16(14)18/h2-11,18,22,27H,12H2,1H3,(H,26,30)(H,28,29). The molecule has 0 aliphatic heterocycles. The molecule has 0 fully saturated rings. The van der Waals surface area contributed by atoms with Crippen LogP contribution in [0.25, 0.3) is 11.1 Å². The van der Waals surface area contributed by atoms with E-state index in [9.17, 15) is 19.8 Å². The fourth-order valence-electron chi connectivity index (χ4n) is 3.97. The number of carbonyl (C=O) groups is 2. The summed E-state index contributed by atoms with van der Waals surface area (Å²) >= 11 is 3.26. The Morgan fingerprint density at radius 3 is 2.22 bits per heavy atom. The van der Waals surface area contributed by atoms with Gasteiger partial charge in [0.15, 0.2) is 17.5 Å². The molecular formula is C24H20BrNO6. The minimum Gasteiger partial charge on any atom is -0.504 e. The lowest BCUT2D eigenvalue weighted by atomic mass is 9.98. The topological polar surface area (TPSA) is 105 Å². The Morgan fingerprint density at radius 1 is 1.06 bits per heavy atom. The number of fused-ring (bicyclic) bond motifs is 3. The van der Waals surface area contributed by atoms with Gasteiger partial charge in [0.25, 0.3) is 0 Å². The van der Waals surface area contributed by atoms with Crippen LogP contribution < -0.4 is 10.1 Å². The molecule has 4 rings (SSSR count). The van der Waals surface area contributed by atoms with Gasteiger partial charge in [0.05, 0.1) is 7.11 Å². The zero-order valence-electron chi connectivity index (χ0n) is 17.0. The normalized spacial score (nSPS) is 13.1. The summed E-state index contributed by atoms with van der Waals surface area (Å²) in [6.45, 7) is 0.0568. The molecule has 32 heavy (non-hydrogen) atoms. The van der Waals surface area contributed by atoms with Gasteiger partial charge in [-0.2, -0.15) is 0 Å². The van der Waals surface area contributed by atoms with Crippen LogP contribution in [0.15, 0.2) is 65.1 Å². The van der Waals surface area contributed by atoms with Crippen molar-refractivity contribution < 1.29 is 29.3 Å². The van der Waals surface area contributed by atoms with Crippen molar-refractivity contribution in [2.45, 2.75) is 12.0 Å². The van der Waals surface area contributed by atoms with Crippen LogP contribution in [0.2, 0.25) is 0 Å². The lowest BCUT2D eigenvalue weighted by Gasteiger charge is -2.19. The molecule has 1 amide bonds.